The quantitative estimate of drug-likeness (QED) is 0.176. The molecule has 0 atom stereocenters. The molecule has 14 aromatic rings. The van der Waals surface area contributed by atoms with Crippen LogP contribution in [-0.4, -0.2) is 19.5 Å². The first kappa shape index (κ1) is 37.4. The summed E-state index contributed by atoms with van der Waals surface area (Å²) in [6.45, 7) is 4.70. The number of nitrogens with zero attached hydrogens (tertiary/aromatic N) is 4. The molecule has 6 nitrogen and oxygen atoms in total. The highest BCUT2D eigenvalue weighted by atomic mass is 16.3. The average molecular weight is 871 g/mol. The summed E-state index contributed by atoms with van der Waals surface area (Å²) in [5.41, 5.74) is 14.3. The summed E-state index contributed by atoms with van der Waals surface area (Å²) in [4.78, 5) is 16.2. The molecular formula is C62H38N4O2. The lowest BCUT2D eigenvalue weighted by atomic mass is 9.82. The van der Waals surface area contributed by atoms with Crippen LogP contribution in [0.5, 0.6) is 0 Å². The number of fused-ring (bicyclic) bond motifs is 16. The standard InChI is InChI=1S/C62H38N4O2/c1-62(2)49-29-25-37(32-48(49)56-40-14-5-3-12-35(40)24-30-50(56)62)42-18-11-19-47-57-41-15-6-4-13-36(41)26-31-51(57)66(58(42)47)61-64-59(38-22-27-45-43-16-7-9-20-52(43)67-54(45)33-38)63-60(65-61)39-23-28-46-44-17-8-10-21-53(44)68-55(46)34-39/h3-34H,1-2H3. The second kappa shape index (κ2) is 13.6. The predicted molar refractivity (Wildman–Crippen MR) is 278 cm³/mol. The van der Waals surface area contributed by atoms with Crippen LogP contribution in [0.1, 0.15) is 25.0 Å². The van der Waals surface area contributed by atoms with E-state index < -0.39 is 0 Å². The van der Waals surface area contributed by atoms with Gasteiger partial charge in [0.2, 0.25) is 5.95 Å². The summed E-state index contributed by atoms with van der Waals surface area (Å²) in [5, 5.41) is 11.4. The van der Waals surface area contributed by atoms with E-state index in [2.05, 4.69) is 176 Å². The molecule has 1 aliphatic rings. The van der Waals surface area contributed by atoms with Gasteiger partial charge < -0.3 is 8.83 Å². The monoisotopic (exact) mass is 870 g/mol. The van der Waals surface area contributed by atoms with E-state index in [-0.39, 0.29) is 5.41 Å². The smallest absolute Gasteiger partial charge is 0.238 e. The molecule has 0 saturated heterocycles. The van der Waals surface area contributed by atoms with Gasteiger partial charge in [0.15, 0.2) is 11.6 Å². The molecule has 4 heterocycles. The van der Waals surface area contributed by atoms with Gasteiger partial charge in [-0.15, -0.1) is 0 Å². The molecule has 0 spiro atoms. The maximum atomic E-state index is 6.43. The topological polar surface area (TPSA) is 69.9 Å². The molecule has 0 fully saturated rings. The summed E-state index contributed by atoms with van der Waals surface area (Å²) in [6.07, 6.45) is 0. The first-order valence-electron chi connectivity index (χ1n) is 23.2. The van der Waals surface area contributed by atoms with Crippen molar-refractivity contribution in [2.24, 2.45) is 0 Å². The van der Waals surface area contributed by atoms with Crippen LogP contribution in [-0.2, 0) is 5.41 Å². The minimum Gasteiger partial charge on any atom is -0.456 e. The van der Waals surface area contributed by atoms with E-state index in [1.807, 2.05) is 36.4 Å². The Labute approximate surface area is 389 Å². The Morgan fingerprint density at radius 1 is 0.397 bits per heavy atom. The Balaban J connectivity index is 1.02. The molecule has 0 bridgehead atoms. The Kier molecular flexibility index (Phi) is 7.47. The second-order valence-corrected chi connectivity index (χ2v) is 18.7. The molecule has 4 aromatic heterocycles. The fraction of sp³-hybridized carbons (Fsp3) is 0.0484. The van der Waals surface area contributed by atoms with Crippen molar-refractivity contribution in [3.8, 4) is 51.0 Å². The van der Waals surface area contributed by atoms with Gasteiger partial charge in [0.1, 0.15) is 22.3 Å². The largest absolute Gasteiger partial charge is 0.456 e. The molecule has 15 rings (SSSR count). The van der Waals surface area contributed by atoms with Crippen LogP contribution < -0.4 is 0 Å². The molecule has 0 unspecified atom stereocenters. The average Bonchev–Trinajstić information content (AvgIpc) is 4.12. The van der Waals surface area contributed by atoms with Crippen molar-refractivity contribution < 1.29 is 8.83 Å². The lowest BCUT2D eigenvalue weighted by molar-refractivity contribution is 0.661. The molecular weight excluding hydrogens is 833 g/mol. The third-order valence-electron chi connectivity index (χ3n) is 14.7. The van der Waals surface area contributed by atoms with Gasteiger partial charge in [-0.3, -0.25) is 4.57 Å². The van der Waals surface area contributed by atoms with Crippen LogP contribution in [0, 0.1) is 0 Å². The molecule has 0 N–H and O–H groups in total. The van der Waals surface area contributed by atoms with Crippen molar-refractivity contribution in [3.63, 3.8) is 0 Å². The lowest BCUT2D eigenvalue weighted by Crippen LogP contribution is -2.14. The normalized spacial score (nSPS) is 13.3. The summed E-state index contributed by atoms with van der Waals surface area (Å²) < 4.78 is 15.1. The number of hydrogen-bond donors (Lipinski definition) is 0. The van der Waals surface area contributed by atoms with Crippen LogP contribution in [0.3, 0.4) is 0 Å². The minimum atomic E-state index is -0.151. The summed E-state index contributed by atoms with van der Waals surface area (Å²) in [5.74, 6) is 1.59. The fourth-order valence-electron chi connectivity index (χ4n) is 11.4. The van der Waals surface area contributed by atoms with Crippen LogP contribution in [0.25, 0.3) is 138 Å². The fourth-order valence-corrected chi connectivity index (χ4v) is 11.4. The van der Waals surface area contributed by atoms with Crippen LogP contribution in [0.2, 0.25) is 0 Å². The predicted octanol–water partition coefficient (Wildman–Crippen LogP) is 16.4. The molecule has 6 heteroatoms. The third-order valence-corrected chi connectivity index (χ3v) is 14.7. The van der Waals surface area contributed by atoms with E-state index in [4.69, 9.17) is 23.8 Å². The lowest BCUT2D eigenvalue weighted by Gasteiger charge is -2.21. The number of benzene rings is 10. The molecule has 1 aliphatic carbocycles. The number of furan rings is 2. The van der Waals surface area contributed by atoms with E-state index in [1.54, 1.807) is 0 Å². The Hall–Kier alpha value is -8.87. The minimum absolute atomic E-state index is 0.151. The van der Waals surface area contributed by atoms with Crippen molar-refractivity contribution >= 4 is 87.2 Å². The molecule has 10 aromatic carbocycles. The molecule has 0 radical (unpaired) electrons. The van der Waals surface area contributed by atoms with Gasteiger partial charge >= 0.3 is 0 Å². The summed E-state index contributed by atoms with van der Waals surface area (Å²) in [7, 11) is 0. The highest BCUT2D eigenvalue weighted by molar-refractivity contribution is 6.23. The van der Waals surface area contributed by atoms with E-state index in [0.717, 1.165) is 87.9 Å². The van der Waals surface area contributed by atoms with Crippen LogP contribution >= 0.6 is 0 Å². The second-order valence-electron chi connectivity index (χ2n) is 18.7. The maximum Gasteiger partial charge on any atom is 0.238 e. The van der Waals surface area contributed by atoms with Crippen LogP contribution in [0.15, 0.2) is 203 Å². The Bertz CT molecular complexity index is 4360. The molecule has 318 valence electrons. The van der Waals surface area contributed by atoms with Gasteiger partial charge in [0.25, 0.3) is 0 Å². The first-order chi connectivity index (χ1) is 33.4. The van der Waals surface area contributed by atoms with E-state index in [0.29, 0.717) is 17.6 Å². The van der Waals surface area contributed by atoms with Crippen molar-refractivity contribution in [1.82, 2.24) is 19.5 Å². The first-order valence-corrected chi connectivity index (χ1v) is 23.2. The number of para-hydroxylation sites is 3. The van der Waals surface area contributed by atoms with E-state index >= 15 is 0 Å². The third kappa shape index (κ3) is 5.20. The van der Waals surface area contributed by atoms with Crippen molar-refractivity contribution in [1.29, 1.82) is 0 Å². The van der Waals surface area contributed by atoms with Gasteiger partial charge in [-0.2, -0.15) is 9.97 Å². The van der Waals surface area contributed by atoms with Gasteiger partial charge in [0, 0.05) is 54.4 Å². The zero-order valence-corrected chi connectivity index (χ0v) is 37.1. The number of aromatic nitrogens is 4. The molecule has 0 amide bonds. The zero-order valence-electron chi connectivity index (χ0n) is 37.1. The van der Waals surface area contributed by atoms with Crippen molar-refractivity contribution in [2.75, 3.05) is 0 Å². The summed E-state index contributed by atoms with van der Waals surface area (Å²) in [6, 6.07) is 69.0. The van der Waals surface area contributed by atoms with Crippen LogP contribution in [0.4, 0.5) is 0 Å². The van der Waals surface area contributed by atoms with Crippen molar-refractivity contribution in [2.45, 2.75) is 19.3 Å². The SMILES string of the molecule is CC1(C)c2ccc(-c3cccc4c5c6ccccc6ccc5n(-c5nc(-c6ccc7c(c6)oc6ccccc67)nc(-c6ccc7c(c6)oc6ccccc67)n5)c34)cc2-c2c1ccc1ccccc21. The van der Waals surface area contributed by atoms with Gasteiger partial charge in [-0.1, -0.05) is 159 Å². The zero-order chi connectivity index (χ0) is 44.8. The highest BCUT2D eigenvalue weighted by Gasteiger charge is 2.37. The maximum absolute atomic E-state index is 6.43. The molecule has 0 saturated carbocycles. The molecule has 68 heavy (non-hydrogen) atoms. The van der Waals surface area contributed by atoms with E-state index in [9.17, 15) is 0 Å². The number of hydrogen-bond acceptors (Lipinski definition) is 5. The molecule has 0 aliphatic heterocycles. The highest BCUT2D eigenvalue weighted by Crippen LogP contribution is 2.53. The van der Waals surface area contributed by atoms with Crippen molar-refractivity contribution in [3.05, 3.63) is 205 Å². The van der Waals surface area contributed by atoms with Gasteiger partial charge in [-0.05, 0) is 97.9 Å². The van der Waals surface area contributed by atoms with Gasteiger partial charge in [-0.25, -0.2) is 4.98 Å². The Morgan fingerprint density at radius 3 is 1.63 bits per heavy atom. The Morgan fingerprint density at radius 2 is 0.941 bits per heavy atom. The van der Waals surface area contributed by atoms with Gasteiger partial charge in [0.05, 0.1) is 11.0 Å². The van der Waals surface area contributed by atoms with E-state index in [1.165, 1.54) is 43.8 Å². The summed E-state index contributed by atoms with van der Waals surface area (Å²) >= 11 is 0. The number of rotatable bonds is 4.